The molecular formula is C16H13KN4O5S. The second kappa shape index (κ2) is 8.16. The van der Waals surface area contributed by atoms with Crippen molar-refractivity contribution < 1.29 is 61.1 Å². The van der Waals surface area contributed by atoms with E-state index in [1.807, 2.05) is 0 Å². The maximum atomic E-state index is 12.9. The van der Waals surface area contributed by atoms with E-state index in [-0.39, 0.29) is 78.9 Å². The van der Waals surface area contributed by atoms with Gasteiger partial charge < -0.3 is 14.5 Å². The molecule has 0 bridgehead atoms. The van der Waals surface area contributed by atoms with Crippen LogP contribution < -0.4 is 67.6 Å². The van der Waals surface area contributed by atoms with Gasteiger partial charge in [-0.3, -0.25) is 24.5 Å². The second-order valence-corrected chi connectivity index (χ2v) is 6.72. The quantitative estimate of drug-likeness (QED) is 0.287. The molecule has 0 radical (unpaired) electrons. The molecule has 0 aliphatic rings. The molecule has 11 heteroatoms. The predicted molar refractivity (Wildman–Crippen MR) is 96.4 cm³/mol. The maximum Gasteiger partial charge on any atom is 1.00 e. The average Bonchev–Trinajstić information content (AvgIpc) is 2.90. The van der Waals surface area contributed by atoms with Gasteiger partial charge in [0.15, 0.2) is 11.2 Å². The van der Waals surface area contributed by atoms with Crippen LogP contribution in [-0.4, -0.2) is 34.4 Å². The molecule has 0 saturated carbocycles. The molecule has 27 heavy (non-hydrogen) atoms. The van der Waals surface area contributed by atoms with E-state index in [1.165, 1.54) is 29.2 Å². The number of hydrogen-bond donors (Lipinski definition) is 0. The number of nitro benzene ring substituents is 1. The van der Waals surface area contributed by atoms with E-state index in [9.17, 15) is 24.5 Å². The van der Waals surface area contributed by atoms with Crippen molar-refractivity contribution in [2.45, 2.75) is 6.92 Å². The SMILES string of the molecule is Cc1c(C(=O)N(C)C)sc2[n-]c(=O)n(-c3ccccc3[N+](=O)[O-])c(=O)c12.[K+]. The van der Waals surface area contributed by atoms with Crippen LogP contribution in [0.1, 0.15) is 15.2 Å². The Labute approximate surface area is 199 Å². The fourth-order valence-electron chi connectivity index (χ4n) is 2.59. The molecule has 1 aromatic carbocycles. The van der Waals surface area contributed by atoms with Crippen molar-refractivity contribution >= 4 is 33.1 Å². The second-order valence-electron chi connectivity index (χ2n) is 5.72. The van der Waals surface area contributed by atoms with Crippen molar-refractivity contribution in [2.24, 2.45) is 0 Å². The molecule has 0 aliphatic carbocycles. The van der Waals surface area contributed by atoms with E-state index in [4.69, 9.17) is 0 Å². The molecule has 0 spiro atoms. The van der Waals surface area contributed by atoms with Crippen LogP contribution >= 0.6 is 11.3 Å². The van der Waals surface area contributed by atoms with E-state index in [0.29, 0.717) is 15.0 Å². The fourth-order valence-corrected chi connectivity index (χ4v) is 3.78. The van der Waals surface area contributed by atoms with Gasteiger partial charge in [0.2, 0.25) is 0 Å². The van der Waals surface area contributed by atoms with E-state index in [0.717, 1.165) is 11.3 Å². The molecule has 0 atom stereocenters. The minimum Gasteiger partial charge on any atom is -0.391 e. The van der Waals surface area contributed by atoms with Crippen molar-refractivity contribution in [3.63, 3.8) is 0 Å². The first-order valence-corrected chi connectivity index (χ1v) is 8.24. The Balaban J connectivity index is 0.00000261. The number of amides is 1. The molecule has 0 aliphatic heterocycles. The van der Waals surface area contributed by atoms with Crippen molar-refractivity contribution in [3.8, 4) is 5.69 Å². The molecule has 0 saturated heterocycles. The van der Waals surface area contributed by atoms with Crippen LogP contribution in [-0.2, 0) is 0 Å². The van der Waals surface area contributed by atoms with E-state index >= 15 is 0 Å². The molecule has 2 heterocycles. The van der Waals surface area contributed by atoms with Gasteiger partial charge in [0.25, 0.3) is 11.6 Å². The van der Waals surface area contributed by atoms with Crippen LogP contribution in [0.2, 0.25) is 0 Å². The number of benzene rings is 1. The zero-order valence-corrected chi connectivity index (χ0v) is 19.0. The van der Waals surface area contributed by atoms with Gasteiger partial charge in [0, 0.05) is 36.1 Å². The number of carbonyl (C=O) groups is 1. The number of thiophene rings is 1. The summed E-state index contributed by atoms with van der Waals surface area (Å²) in [5, 5.41) is 11.3. The Kier molecular flexibility index (Phi) is 6.55. The zero-order chi connectivity index (χ0) is 19.2. The summed E-state index contributed by atoms with van der Waals surface area (Å²) < 4.78 is 0.671. The van der Waals surface area contributed by atoms with Crippen LogP contribution in [0.5, 0.6) is 0 Å². The Morgan fingerprint density at radius 3 is 2.48 bits per heavy atom. The van der Waals surface area contributed by atoms with Gasteiger partial charge in [0.05, 0.1) is 9.80 Å². The summed E-state index contributed by atoms with van der Waals surface area (Å²) in [7, 11) is 3.15. The van der Waals surface area contributed by atoms with Crippen molar-refractivity contribution in [1.82, 2.24) is 14.5 Å². The number of carbonyl (C=O) groups excluding carboxylic acids is 1. The molecule has 2 aromatic heterocycles. The van der Waals surface area contributed by atoms with E-state index in [2.05, 4.69) is 4.98 Å². The summed E-state index contributed by atoms with van der Waals surface area (Å²) in [5.74, 6) is -0.311. The van der Waals surface area contributed by atoms with Gasteiger partial charge in [0.1, 0.15) is 0 Å². The van der Waals surface area contributed by atoms with E-state index in [1.54, 1.807) is 21.0 Å². The molecule has 0 N–H and O–H groups in total. The van der Waals surface area contributed by atoms with Crippen LogP contribution in [0.4, 0.5) is 5.69 Å². The fraction of sp³-hybridized carbons (Fsp3) is 0.188. The van der Waals surface area contributed by atoms with Gasteiger partial charge in [-0.25, -0.2) is 0 Å². The number of hydrogen-bond acceptors (Lipinski definition) is 6. The Bertz CT molecular complexity index is 1180. The third-order valence-corrected chi connectivity index (χ3v) is 5.03. The molecule has 3 aromatic rings. The van der Waals surface area contributed by atoms with Gasteiger partial charge in [-0.05, 0) is 12.5 Å². The van der Waals surface area contributed by atoms with Gasteiger partial charge >= 0.3 is 51.4 Å². The van der Waals surface area contributed by atoms with Crippen LogP contribution in [0, 0.1) is 17.0 Å². The first-order chi connectivity index (χ1) is 12.2. The molecular weight excluding hydrogens is 399 g/mol. The third kappa shape index (κ3) is 3.70. The standard InChI is InChI=1S/C16H14N4O5S.K/c1-8-11-13(26-12(8)15(22)18(2)3)17-16(23)19(14(11)21)9-6-4-5-7-10(9)20(24)25;/h4-7H,1-3H3,(H,17,21,22,23);/q;+1/p-1. The van der Waals surface area contributed by atoms with Gasteiger partial charge in [-0.15, -0.1) is 11.3 Å². The molecule has 3 rings (SSSR count). The third-order valence-electron chi connectivity index (χ3n) is 3.85. The first-order valence-electron chi connectivity index (χ1n) is 7.42. The average molecular weight is 412 g/mol. The number of nitro groups is 1. The van der Waals surface area contributed by atoms with Crippen molar-refractivity contribution in [3.05, 3.63) is 65.7 Å². The zero-order valence-electron chi connectivity index (χ0n) is 15.0. The number of aryl methyl sites for hydroxylation is 1. The maximum absolute atomic E-state index is 12.9. The minimum absolute atomic E-state index is 0. The van der Waals surface area contributed by atoms with Crippen LogP contribution in [0.3, 0.4) is 0 Å². The smallest absolute Gasteiger partial charge is 0.391 e. The topological polar surface area (TPSA) is 117 Å². The number of aromatic nitrogens is 2. The molecule has 0 fully saturated rings. The van der Waals surface area contributed by atoms with Gasteiger partial charge in [-0.2, -0.15) is 0 Å². The van der Waals surface area contributed by atoms with Gasteiger partial charge in [-0.1, -0.05) is 18.2 Å². The Morgan fingerprint density at radius 2 is 1.89 bits per heavy atom. The summed E-state index contributed by atoms with van der Waals surface area (Å²) in [6, 6.07) is 5.43. The summed E-state index contributed by atoms with van der Waals surface area (Å²) in [6.45, 7) is 1.59. The Morgan fingerprint density at radius 1 is 1.26 bits per heavy atom. The molecule has 9 nitrogen and oxygen atoms in total. The minimum atomic E-state index is -0.929. The summed E-state index contributed by atoms with van der Waals surface area (Å²) in [4.78, 5) is 53.8. The van der Waals surface area contributed by atoms with Crippen molar-refractivity contribution in [2.75, 3.05) is 14.1 Å². The summed E-state index contributed by atoms with van der Waals surface area (Å²) >= 11 is 0.954. The predicted octanol–water partition coefficient (Wildman–Crippen LogP) is -1.71. The molecule has 1 amide bonds. The number of fused-ring (bicyclic) bond motifs is 1. The largest absolute Gasteiger partial charge is 1.00 e. The monoisotopic (exact) mass is 412 g/mol. The Hall–Kier alpha value is -1.63. The number of para-hydroxylation sites is 2. The molecule has 0 unspecified atom stereocenters. The van der Waals surface area contributed by atoms with E-state index < -0.39 is 16.2 Å². The summed E-state index contributed by atoms with van der Waals surface area (Å²) in [5.41, 5.74) is -1.81. The molecule has 134 valence electrons. The first kappa shape index (κ1) is 21.7. The number of nitrogens with zero attached hydrogens (tertiary/aromatic N) is 4. The van der Waals surface area contributed by atoms with Crippen molar-refractivity contribution in [1.29, 1.82) is 0 Å². The van der Waals surface area contributed by atoms with Crippen LogP contribution in [0.15, 0.2) is 33.9 Å². The number of rotatable bonds is 3. The summed E-state index contributed by atoms with van der Waals surface area (Å²) in [6.07, 6.45) is 0. The normalized spacial score (nSPS) is 10.5. The van der Waals surface area contributed by atoms with Crippen LogP contribution in [0.25, 0.3) is 15.9 Å².